The van der Waals surface area contributed by atoms with E-state index >= 15 is 0 Å². The van der Waals surface area contributed by atoms with Crippen molar-refractivity contribution in [1.82, 2.24) is 19.6 Å². The molecule has 0 bridgehead atoms. The van der Waals surface area contributed by atoms with Gasteiger partial charge in [0, 0.05) is 49.6 Å². The zero-order valence-corrected chi connectivity index (χ0v) is 18.6. The van der Waals surface area contributed by atoms with Crippen LogP contribution in [0.5, 0.6) is 0 Å². The Hall–Kier alpha value is -2.79. The maximum absolute atomic E-state index is 13.4. The van der Waals surface area contributed by atoms with Crippen LogP contribution < -0.4 is 5.32 Å². The molecule has 0 radical (unpaired) electrons. The number of alkyl halides is 2. The molecule has 0 saturated heterocycles. The van der Waals surface area contributed by atoms with Crippen LogP contribution in [0.4, 0.5) is 23.7 Å². The van der Waals surface area contributed by atoms with Gasteiger partial charge in [0.05, 0.1) is 30.4 Å². The lowest BCUT2D eigenvalue weighted by Crippen LogP contribution is -2.42. The average molecular weight is 486 g/mol. The average Bonchev–Trinajstić information content (AvgIpc) is 3.07. The Morgan fingerprint density at radius 1 is 1.36 bits per heavy atom. The minimum atomic E-state index is -2.65. The number of halogens is 4. The van der Waals surface area contributed by atoms with Crippen molar-refractivity contribution in [2.24, 2.45) is 5.41 Å². The molecule has 0 saturated carbocycles. The molecule has 2 aliphatic rings. The van der Waals surface area contributed by atoms with Gasteiger partial charge in [-0.3, -0.25) is 9.48 Å². The molecule has 2 N–H and O–H groups in total. The number of aliphatic hydroxyl groups is 1. The van der Waals surface area contributed by atoms with Crippen LogP contribution in [-0.2, 0) is 19.5 Å². The summed E-state index contributed by atoms with van der Waals surface area (Å²) in [4.78, 5) is 28.7. The Bertz CT molecular complexity index is 1100. The van der Waals surface area contributed by atoms with Gasteiger partial charge >= 0.3 is 6.03 Å². The number of benzene rings is 1. The summed E-state index contributed by atoms with van der Waals surface area (Å²) in [5.74, 6) is -1.01. The summed E-state index contributed by atoms with van der Waals surface area (Å²) in [6.45, 7) is -0.192. The number of hydrogen-bond acceptors (Lipinski definition) is 4. The second kappa shape index (κ2) is 8.86. The molecule has 2 aromatic rings. The lowest BCUT2D eigenvalue weighted by atomic mass is 9.85. The van der Waals surface area contributed by atoms with Crippen molar-refractivity contribution in [3.05, 3.63) is 46.0 Å². The molecule has 0 spiro atoms. The number of carbonyl (C=O) groups is 2. The van der Waals surface area contributed by atoms with Crippen molar-refractivity contribution in [1.29, 1.82) is 0 Å². The van der Waals surface area contributed by atoms with Gasteiger partial charge in [0.2, 0.25) is 6.43 Å². The largest absolute Gasteiger partial charge is 0.396 e. The van der Waals surface area contributed by atoms with Crippen LogP contribution in [0.15, 0.2) is 18.2 Å². The quantitative estimate of drug-likeness (QED) is 0.696. The van der Waals surface area contributed by atoms with Gasteiger partial charge in [-0.1, -0.05) is 11.6 Å². The van der Waals surface area contributed by atoms with E-state index in [1.807, 2.05) is 0 Å². The molecule has 0 aliphatic carbocycles. The molecule has 1 aromatic heterocycles. The van der Waals surface area contributed by atoms with E-state index in [4.69, 9.17) is 11.6 Å². The minimum absolute atomic E-state index is 0.0352. The van der Waals surface area contributed by atoms with Crippen molar-refractivity contribution >= 4 is 29.2 Å². The maximum Gasteiger partial charge on any atom is 0.322 e. The van der Waals surface area contributed by atoms with Crippen molar-refractivity contribution < 1.29 is 27.9 Å². The highest BCUT2D eigenvalue weighted by molar-refractivity contribution is 6.31. The molecule has 1 unspecified atom stereocenters. The van der Waals surface area contributed by atoms with E-state index in [0.29, 0.717) is 29.9 Å². The lowest BCUT2D eigenvalue weighted by Gasteiger charge is -2.32. The first-order valence-corrected chi connectivity index (χ1v) is 10.7. The standard InChI is InChI=1S/C21H23ClF3N5O3/c1-28-9-21(11-31,7-17(24)25)10-30-18(19(28)32)13-8-29(5-4-16(13)27-30)20(33)26-12-2-3-15(23)14(22)6-12/h2-3,6,17,31H,4-5,7-11H2,1H3,(H,26,33). The van der Waals surface area contributed by atoms with Gasteiger partial charge in [-0.2, -0.15) is 5.10 Å². The highest BCUT2D eigenvalue weighted by Crippen LogP contribution is 2.35. The normalized spacial score (nSPS) is 20.5. The molecule has 33 heavy (non-hydrogen) atoms. The Kier molecular flexibility index (Phi) is 6.28. The number of carbonyl (C=O) groups excluding carboxylic acids is 2. The summed E-state index contributed by atoms with van der Waals surface area (Å²) < 4.78 is 41.3. The molecule has 3 heterocycles. The molecule has 0 fully saturated rings. The van der Waals surface area contributed by atoms with E-state index in [1.54, 1.807) is 0 Å². The maximum atomic E-state index is 13.4. The number of urea groups is 1. The number of aromatic nitrogens is 2. The van der Waals surface area contributed by atoms with Gasteiger partial charge in [-0.25, -0.2) is 18.0 Å². The van der Waals surface area contributed by atoms with Gasteiger partial charge in [0.25, 0.3) is 5.91 Å². The molecule has 8 nitrogen and oxygen atoms in total. The molecule has 178 valence electrons. The third-order valence-electron chi connectivity index (χ3n) is 6.09. The van der Waals surface area contributed by atoms with Crippen molar-refractivity contribution in [3.63, 3.8) is 0 Å². The Labute approximate surface area is 192 Å². The van der Waals surface area contributed by atoms with E-state index in [9.17, 15) is 27.9 Å². The second-order valence-electron chi connectivity index (χ2n) is 8.58. The van der Waals surface area contributed by atoms with E-state index in [0.717, 1.165) is 6.07 Å². The van der Waals surface area contributed by atoms with E-state index in [-0.39, 0.29) is 30.4 Å². The van der Waals surface area contributed by atoms with Gasteiger partial charge in [0.15, 0.2) is 0 Å². The van der Waals surface area contributed by atoms with Crippen LogP contribution in [0, 0.1) is 11.2 Å². The molecule has 4 rings (SSSR count). The monoisotopic (exact) mass is 485 g/mol. The summed E-state index contributed by atoms with van der Waals surface area (Å²) in [6, 6.07) is 3.37. The zero-order chi connectivity index (χ0) is 23.9. The third kappa shape index (κ3) is 4.51. The number of anilines is 1. The summed E-state index contributed by atoms with van der Waals surface area (Å²) in [6.07, 6.45) is -2.85. The van der Waals surface area contributed by atoms with Gasteiger partial charge in [-0.15, -0.1) is 0 Å². The fourth-order valence-electron chi connectivity index (χ4n) is 4.47. The predicted octanol–water partition coefficient (Wildman–Crippen LogP) is 2.99. The number of aliphatic hydroxyl groups excluding tert-OH is 1. The zero-order valence-electron chi connectivity index (χ0n) is 17.8. The highest BCUT2D eigenvalue weighted by Gasteiger charge is 2.42. The Morgan fingerprint density at radius 2 is 2.12 bits per heavy atom. The molecule has 12 heteroatoms. The molecular formula is C21H23ClF3N5O3. The van der Waals surface area contributed by atoms with E-state index in [2.05, 4.69) is 10.4 Å². The first-order valence-electron chi connectivity index (χ1n) is 10.4. The molecule has 3 amide bonds. The van der Waals surface area contributed by atoms with Crippen LogP contribution >= 0.6 is 11.6 Å². The van der Waals surface area contributed by atoms with Gasteiger partial charge < -0.3 is 20.2 Å². The van der Waals surface area contributed by atoms with Gasteiger partial charge in [-0.05, 0) is 18.2 Å². The number of amides is 3. The lowest BCUT2D eigenvalue weighted by molar-refractivity contribution is 0.00614. The number of nitrogens with one attached hydrogen (secondary N) is 1. The van der Waals surface area contributed by atoms with Crippen LogP contribution in [0.3, 0.4) is 0 Å². The summed E-state index contributed by atoms with van der Waals surface area (Å²) >= 11 is 5.77. The number of rotatable bonds is 4. The van der Waals surface area contributed by atoms with Gasteiger partial charge in [0.1, 0.15) is 11.5 Å². The molecular weight excluding hydrogens is 463 g/mol. The van der Waals surface area contributed by atoms with Crippen molar-refractivity contribution in [3.8, 4) is 0 Å². The van der Waals surface area contributed by atoms with Crippen LogP contribution in [-0.4, -0.2) is 69.8 Å². The first kappa shape index (κ1) is 23.4. The second-order valence-corrected chi connectivity index (χ2v) is 8.98. The van der Waals surface area contributed by atoms with Crippen LogP contribution in [0.1, 0.15) is 28.2 Å². The van der Waals surface area contributed by atoms with E-state index in [1.165, 1.54) is 33.7 Å². The van der Waals surface area contributed by atoms with Crippen LogP contribution in [0.25, 0.3) is 0 Å². The summed E-state index contributed by atoms with van der Waals surface area (Å²) in [5.41, 5.74) is 0.501. The minimum Gasteiger partial charge on any atom is -0.396 e. The van der Waals surface area contributed by atoms with Crippen LogP contribution in [0.2, 0.25) is 5.02 Å². The molecule has 1 aromatic carbocycles. The number of hydrogen-bond donors (Lipinski definition) is 2. The Balaban J connectivity index is 1.60. The smallest absolute Gasteiger partial charge is 0.322 e. The fourth-order valence-corrected chi connectivity index (χ4v) is 4.65. The van der Waals surface area contributed by atoms with Crippen molar-refractivity contribution in [2.75, 3.05) is 32.1 Å². The molecule has 1 atom stereocenters. The SMILES string of the molecule is CN1CC(CO)(CC(F)F)Cn2nc3c(c2C1=O)CN(C(=O)Nc1ccc(F)c(Cl)c1)CC3. The first-order chi connectivity index (χ1) is 15.6. The number of nitrogens with zero attached hydrogens (tertiary/aromatic N) is 4. The Morgan fingerprint density at radius 3 is 2.79 bits per heavy atom. The summed E-state index contributed by atoms with van der Waals surface area (Å²) in [5, 5.41) is 16.9. The fraction of sp³-hybridized carbons (Fsp3) is 0.476. The molecule has 2 aliphatic heterocycles. The summed E-state index contributed by atoms with van der Waals surface area (Å²) in [7, 11) is 1.50. The highest BCUT2D eigenvalue weighted by atomic mass is 35.5. The number of fused-ring (bicyclic) bond motifs is 3. The van der Waals surface area contributed by atoms with E-state index < -0.39 is 42.6 Å². The topological polar surface area (TPSA) is 90.7 Å². The predicted molar refractivity (Wildman–Crippen MR) is 114 cm³/mol. The third-order valence-corrected chi connectivity index (χ3v) is 6.38. The van der Waals surface area contributed by atoms with Crippen molar-refractivity contribution in [2.45, 2.75) is 32.4 Å².